The summed E-state index contributed by atoms with van der Waals surface area (Å²) in [7, 11) is 0. The predicted octanol–water partition coefficient (Wildman–Crippen LogP) is 5.03. The van der Waals surface area contributed by atoms with Crippen LogP contribution in [-0.2, 0) is 6.54 Å². The maximum Gasteiger partial charge on any atom is 0.139 e. The summed E-state index contributed by atoms with van der Waals surface area (Å²) < 4.78 is 0. The van der Waals surface area contributed by atoms with Gasteiger partial charge in [-0.25, -0.2) is 9.97 Å². The van der Waals surface area contributed by atoms with Crippen molar-refractivity contribution in [3.8, 4) is 11.1 Å². The topological polar surface area (TPSA) is 95.8 Å². The highest BCUT2D eigenvalue weighted by Crippen LogP contribution is 2.30. The fourth-order valence-electron chi connectivity index (χ4n) is 4.31. The van der Waals surface area contributed by atoms with Crippen LogP contribution in [0.5, 0.6) is 0 Å². The number of pyridine rings is 2. The molecule has 1 aromatic carbocycles. The molecule has 1 saturated heterocycles. The van der Waals surface area contributed by atoms with E-state index in [9.17, 15) is 0 Å². The second-order valence-corrected chi connectivity index (χ2v) is 8.03. The molecule has 3 aromatic heterocycles. The largest absolute Gasteiger partial charge is 0.338 e. The zero-order valence-electron chi connectivity index (χ0n) is 17.3. The SMILES string of the molecule is N=CN(C=N)c1cc2c(cn1)[nH]c1ncc(-c3ccc(CN4CCCCC4)cc3)cc12.[HH]. The number of anilines is 1. The highest BCUT2D eigenvalue weighted by Gasteiger charge is 2.12. The van der Waals surface area contributed by atoms with Crippen LogP contribution < -0.4 is 4.90 Å². The molecule has 0 radical (unpaired) electrons. The van der Waals surface area contributed by atoms with E-state index in [1.807, 2.05) is 12.3 Å². The molecule has 7 nitrogen and oxygen atoms in total. The first-order chi connectivity index (χ1) is 15.2. The second-order valence-electron chi connectivity index (χ2n) is 8.03. The Morgan fingerprint density at radius 1 is 0.935 bits per heavy atom. The lowest BCUT2D eigenvalue weighted by molar-refractivity contribution is 0.221. The molecule has 5 rings (SSSR count). The molecule has 0 saturated carbocycles. The molecule has 1 fully saturated rings. The zero-order chi connectivity index (χ0) is 21.2. The lowest BCUT2D eigenvalue weighted by atomic mass is 10.0. The van der Waals surface area contributed by atoms with Crippen molar-refractivity contribution < 1.29 is 1.43 Å². The Morgan fingerprint density at radius 3 is 2.45 bits per heavy atom. The molecule has 0 atom stereocenters. The Labute approximate surface area is 182 Å². The third kappa shape index (κ3) is 3.80. The fraction of sp³-hybridized carbons (Fsp3) is 0.250. The van der Waals surface area contributed by atoms with Crippen LogP contribution in [0.15, 0.2) is 48.8 Å². The number of benzene rings is 1. The van der Waals surface area contributed by atoms with Crippen LogP contribution in [0.1, 0.15) is 26.3 Å². The number of aromatic amines is 1. The maximum atomic E-state index is 7.46. The number of hydrogen-bond acceptors (Lipinski definition) is 5. The van der Waals surface area contributed by atoms with Crippen LogP contribution in [0, 0.1) is 10.8 Å². The minimum Gasteiger partial charge on any atom is -0.338 e. The van der Waals surface area contributed by atoms with Crippen molar-refractivity contribution in [2.24, 2.45) is 0 Å². The van der Waals surface area contributed by atoms with Crippen LogP contribution >= 0.6 is 0 Å². The number of piperidine rings is 1. The molecule has 158 valence electrons. The summed E-state index contributed by atoms with van der Waals surface area (Å²) in [6.07, 6.45) is 9.74. The molecule has 31 heavy (non-hydrogen) atoms. The van der Waals surface area contributed by atoms with Gasteiger partial charge in [0, 0.05) is 30.5 Å². The van der Waals surface area contributed by atoms with Gasteiger partial charge in [-0.1, -0.05) is 30.7 Å². The molecular formula is C24H27N7. The van der Waals surface area contributed by atoms with Crippen molar-refractivity contribution in [3.05, 3.63) is 54.4 Å². The molecule has 7 heteroatoms. The number of fused-ring (bicyclic) bond motifs is 3. The number of hydrogen-bond donors (Lipinski definition) is 3. The van der Waals surface area contributed by atoms with Crippen LogP contribution in [0.25, 0.3) is 33.1 Å². The summed E-state index contributed by atoms with van der Waals surface area (Å²) in [6.45, 7) is 3.42. The van der Waals surface area contributed by atoms with Crippen LogP contribution in [-0.4, -0.2) is 45.6 Å². The van der Waals surface area contributed by atoms with Gasteiger partial charge >= 0.3 is 0 Å². The molecular weight excluding hydrogens is 386 g/mol. The van der Waals surface area contributed by atoms with Gasteiger partial charge in [0.25, 0.3) is 0 Å². The molecule has 4 aromatic rings. The van der Waals surface area contributed by atoms with E-state index in [1.165, 1.54) is 42.8 Å². The summed E-state index contributed by atoms with van der Waals surface area (Å²) >= 11 is 0. The van der Waals surface area contributed by atoms with E-state index >= 15 is 0 Å². The fourth-order valence-corrected chi connectivity index (χ4v) is 4.31. The van der Waals surface area contributed by atoms with E-state index in [-0.39, 0.29) is 1.43 Å². The maximum absolute atomic E-state index is 7.46. The molecule has 4 heterocycles. The Hall–Kier alpha value is -3.58. The number of H-pyrrole nitrogens is 1. The molecule has 0 unspecified atom stereocenters. The minimum atomic E-state index is 0. The lowest BCUT2D eigenvalue weighted by Gasteiger charge is -2.26. The minimum absolute atomic E-state index is 0. The number of nitrogens with zero attached hydrogens (tertiary/aromatic N) is 4. The zero-order valence-corrected chi connectivity index (χ0v) is 17.3. The predicted molar refractivity (Wildman–Crippen MR) is 128 cm³/mol. The Bertz CT molecular complexity index is 1230. The Kier molecular flexibility index (Phi) is 5.18. The Morgan fingerprint density at radius 2 is 1.71 bits per heavy atom. The highest BCUT2D eigenvalue weighted by atomic mass is 15.2. The molecule has 0 bridgehead atoms. The molecule has 1 aliphatic rings. The number of rotatable bonds is 6. The lowest BCUT2D eigenvalue weighted by Crippen LogP contribution is -2.28. The van der Waals surface area contributed by atoms with E-state index in [0.29, 0.717) is 5.82 Å². The third-order valence-corrected chi connectivity index (χ3v) is 6.01. The quantitative estimate of drug-likeness (QED) is 0.305. The van der Waals surface area contributed by atoms with E-state index in [4.69, 9.17) is 10.8 Å². The van der Waals surface area contributed by atoms with Gasteiger partial charge in [0.2, 0.25) is 0 Å². The van der Waals surface area contributed by atoms with Gasteiger partial charge in [-0.15, -0.1) is 0 Å². The van der Waals surface area contributed by atoms with Gasteiger partial charge in [0.15, 0.2) is 0 Å². The van der Waals surface area contributed by atoms with Crippen molar-refractivity contribution in [2.45, 2.75) is 25.8 Å². The van der Waals surface area contributed by atoms with Crippen molar-refractivity contribution in [2.75, 3.05) is 18.0 Å². The summed E-state index contributed by atoms with van der Waals surface area (Å²) in [4.78, 5) is 16.2. The van der Waals surface area contributed by atoms with Crippen LogP contribution in [0.2, 0.25) is 0 Å². The molecule has 3 N–H and O–H groups in total. The first-order valence-corrected chi connectivity index (χ1v) is 10.6. The monoisotopic (exact) mass is 413 g/mol. The van der Waals surface area contributed by atoms with Gasteiger partial charge in [0.05, 0.1) is 24.4 Å². The van der Waals surface area contributed by atoms with E-state index in [1.54, 1.807) is 6.20 Å². The average Bonchev–Trinajstić information content (AvgIpc) is 3.18. The summed E-state index contributed by atoms with van der Waals surface area (Å²) in [5.41, 5.74) is 5.24. The smallest absolute Gasteiger partial charge is 0.139 e. The normalized spacial score (nSPS) is 14.7. The number of likely N-dealkylation sites (tertiary alicyclic amines) is 1. The summed E-state index contributed by atoms with van der Waals surface area (Å²) in [5.74, 6) is 0.533. The highest BCUT2D eigenvalue weighted by molar-refractivity contribution is 6.09. The van der Waals surface area contributed by atoms with E-state index in [0.717, 1.165) is 52.3 Å². The van der Waals surface area contributed by atoms with Gasteiger partial charge < -0.3 is 4.98 Å². The van der Waals surface area contributed by atoms with E-state index < -0.39 is 0 Å². The van der Waals surface area contributed by atoms with Crippen LogP contribution in [0.4, 0.5) is 5.82 Å². The second kappa shape index (κ2) is 8.28. The van der Waals surface area contributed by atoms with Crippen molar-refractivity contribution in [3.63, 3.8) is 0 Å². The van der Waals surface area contributed by atoms with Gasteiger partial charge in [-0.05, 0) is 49.2 Å². The first kappa shape index (κ1) is 19.4. The summed E-state index contributed by atoms with van der Waals surface area (Å²) in [5, 5.41) is 16.9. The van der Waals surface area contributed by atoms with Crippen molar-refractivity contribution in [1.29, 1.82) is 10.8 Å². The van der Waals surface area contributed by atoms with E-state index in [2.05, 4.69) is 50.2 Å². The number of nitrogens with one attached hydrogen (secondary N) is 3. The number of aromatic nitrogens is 3. The van der Waals surface area contributed by atoms with Gasteiger partial charge in [-0.3, -0.25) is 20.6 Å². The molecule has 0 spiro atoms. The van der Waals surface area contributed by atoms with Crippen molar-refractivity contribution in [1.82, 2.24) is 19.9 Å². The average molecular weight is 414 g/mol. The van der Waals surface area contributed by atoms with Crippen LogP contribution in [0.3, 0.4) is 0 Å². The first-order valence-electron chi connectivity index (χ1n) is 10.6. The van der Waals surface area contributed by atoms with Gasteiger partial charge in [-0.2, -0.15) is 0 Å². The van der Waals surface area contributed by atoms with Crippen molar-refractivity contribution >= 4 is 40.4 Å². The molecule has 0 amide bonds. The summed E-state index contributed by atoms with van der Waals surface area (Å²) in [6, 6.07) is 12.8. The van der Waals surface area contributed by atoms with Gasteiger partial charge in [0.1, 0.15) is 11.5 Å². The standard InChI is InChI=1S/C24H25N7.H2/c25-15-31(16-26)23-11-20-21-10-19(12-28-24(21)29-22(20)13-27-23)18-6-4-17(5-7-18)14-30-8-2-1-3-9-30;/h4-7,10-13,15-16,25-26H,1-3,8-9,14H2,(H,28,29);1H. The Balaban J connectivity index is 0.00000245. The third-order valence-electron chi connectivity index (χ3n) is 6.01. The molecule has 1 aliphatic heterocycles. The molecule has 0 aliphatic carbocycles.